The first-order chi connectivity index (χ1) is 21.9. The Morgan fingerprint density at radius 3 is 2.51 bits per heavy atom. The van der Waals surface area contributed by atoms with E-state index in [-0.39, 0.29) is 12.1 Å². The standard InChI is InChI=1S/C36H36N8O/c1-25(27-12-5-4-6-13-27)38-36(45)40-30-16-10-14-28(24-30)33-34(44-21-8-7-17-32(44)42-33)31-18-20-37-35(41-31)39-29-15-9-11-26(23-29)19-22-43(2)3/h4-18,20-21,23-25H,19,22H2,1-3H3,(H,37,39,41)(H2,38,40,45)/t25-/m0/s1. The van der Waals surface area contributed by atoms with Crippen molar-refractivity contribution in [2.75, 3.05) is 31.3 Å². The van der Waals surface area contributed by atoms with Crippen molar-refractivity contribution < 1.29 is 4.79 Å². The number of anilines is 3. The van der Waals surface area contributed by atoms with Crippen LogP contribution in [-0.2, 0) is 6.42 Å². The van der Waals surface area contributed by atoms with Crippen LogP contribution < -0.4 is 16.0 Å². The third-order valence-corrected chi connectivity index (χ3v) is 7.50. The Hall–Kier alpha value is -5.54. The lowest BCUT2D eigenvalue weighted by Crippen LogP contribution is -2.31. The second kappa shape index (κ2) is 13.4. The first kappa shape index (κ1) is 29.5. The number of nitrogens with zero attached hydrogens (tertiary/aromatic N) is 5. The molecule has 0 aliphatic carbocycles. The van der Waals surface area contributed by atoms with Gasteiger partial charge >= 0.3 is 6.03 Å². The Kier molecular flexibility index (Phi) is 8.79. The van der Waals surface area contributed by atoms with E-state index in [1.807, 2.05) is 109 Å². The number of imidazole rings is 1. The minimum Gasteiger partial charge on any atom is -0.331 e. The van der Waals surface area contributed by atoms with Crippen LogP contribution in [0.4, 0.5) is 22.1 Å². The zero-order chi connectivity index (χ0) is 31.2. The van der Waals surface area contributed by atoms with Crippen LogP contribution in [-0.4, -0.2) is 50.9 Å². The Morgan fingerprint density at radius 2 is 1.67 bits per heavy atom. The van der Waals surface area contributed by atoms with Gasteiger partial charge in [-0.15, -0.1) is 0 Å². The Bertz CT molecular complexity index is 1920. The number of carbonyl (C=O) groups excluding carboxylic acids is 1. The average molecular weight is 597 g/mol. The van der Waals surface area contributed by atoms with Gasteiger partial charge in [-0.25, -0.2) is 19.7 Å². The molecule has 1 atom stereocenters. The molecular formula is C36H36N8O. The van der Waals surface area contributed by atoms with Crippen LogP contribution in [0.25, 0.3) is 28.3 Å². The fraction of sp³-hybridized carbons (Fsp3) is 0.167. The molecule has 0 saturated carbocycles. The van der Waals surface area contributed by atoms with Crippen molar-refractivity contribution >= 4 is 29.0 Å². The van der Waals surface area contributed by atoms with Crippen LogP contribution >= 0.6 is 0 Å². The monoisotopic (exact) mass is 596 g/mol. The van der Waals surface area contributed by atoms with Gasteiger partial charge in [0.1, 0.15) is 5.65 Å². The molecule has 6 rings (SSSR count). The molecule has 0 spiro atoms. The van der Waals surface area contributed by atoms with E-state index in [9.17, 15) is 4.79 Å². The third kappa shape index (κ3) is 7.17. The van der Waals surface area contributed by atoms with Crippen molar-refractivity contribution in [3.8, 4) is 22.6 Å². The van der Waals surface area contributed by atoms with Crippen molar-refractivity contribution in [2.24, 2.45) is 0 Å². The van der Waals surface area contributed by atoms with Gasteiger partial charge in [-0.1, -0.05) is 60.7 Å². The van der Waals surface area contributed by atoms with Crippen molar-refractivity contribution in [1.82, 2.24) is 29.6 Å². The number of rotatable bonds is 10. The van der Waals surface area contributed by atoms with Gasteiger partial charge in [0.05, 0.1) is 23.1 Å². The second-order valence-electron chi connectivity index (χ2n) is 11.2. The normalized spacial score (nSPS) is 11.8. The van der Waals surface area contributed by atoms with Crippen molar-refractivity contribution in [2.45, 2.75) is 19.4 Å². The summed E-state index contributed by atoms with van der Waals surface area (Å²) in [6, 6.07) is 33.3. The first-order valence-electron chi connectivity index (χ1n) is 15.0. The van der Waals surface area contributed by atoms with Crippen molar-refractivity contribution in [1.29, 1.82) is 0 Å². The topological polar surface area (TPSA) is 99.5 Å². The van der Waals surface area contributed by atoms with E-state index in [2.05, 4.69) is 52.1 Å². The lowest BCUT2D eigenvalue weighted by atomic mass is 10.1. The summed E-state index contributed by atoms with van der Waals surface area (Å²) in [5.74, 6) is 0.494. The molecule has 3 aromatic carbocycles. The molecule has 226 valence electrons. The van der Waals surface area contributed by atoms with Gasteiger partial charge in [-0.2, -0.15) is 0 Å². The number of likely N-dealkylation sites (N-methyl/N-ethyl adjacent to an activating group) is 1. The summed E-state index contributed by atoms with van der Waals surface area (Å²) in [5, 5.41) is 9.37. The second-order valence-corrected chi connectivity index (χ2v) is 11.2. The molecule has 0 aliphatic heterocycles. The lowest BCUT2D eigenvalue weighted by molar-refractivity contribution is 0.249. The number of amides is 2. The van der Waals surface area contributed by atoms with Gasteiger partial charge < -0.3 is 20.9 Å². The minimum atomic E-state index is -0.281. The maximum atomic E-state index is 12.9. The number of urea groups is 1. The van der Waals surface area contributed by atoms with E-state index in [0.29, 0.717) is 11.6 Å². The fourth-order valence-corrected chi connectivity index (χ4v) is 5.21. The van der Waals surface area contributed by atoms with Crippen LogP contribution in [0.15, 0.2) is 116 Å². The van der Waals surface area contributed by atoms with E-state index >= 15 is 0 Å². The number of hydrogen-bond donors (Lipinski definition) is 3. The number of aromatic nitrogens is 4. The largest absolute Gasteiger partial charge is 0.331 e. The van der Waals surface area contributed by atoms with Crippen molar-refractivity contribution in [3.05, 3.63) is 127 Å². The molecule has 2 amide bonds. The summed E-state index contributed by atoms with van der Waals surface area (Å²) in [5.41, 5.74) is 7.80. The van der Waals surface area contributed by atoms with Crippen LogP contribution in [0.1, 0.15) is 24.1 Å². The molecule has 0 bridgehead atoms. The predicted molar refractivity (Wildman–Crippen MR) is 181 cm³/mol. The maximum Gasteiger partial charge on any atom is 0.319 e. The summed E-state index contributed by atoms with van der Waals surface area (Å²) >= 11 is 0. The molecule has 0 unspecified atom stereocenters. The van der Waals surface area contributed by atoms with Gasteiger partial charge in [0.2, 0.25) is 5.95 Å². The molecule has 3 aromatic heterocycles. The van der Waals surface area contributed by atoms with E-state index in [1.165, 1.54) is 5.56 Å². The number of carbonyl (C=O) groups is 1. The molecule has 45 heavy (non-hydrogen) atoms. The highest BCUT2D eigenvalue weighted by Gasteiger charge is 2.18. The van der Waals surface area contributed by atoms with Gasteiger partial charge in [-0.05, 0) is 81.0 Å². The summed E-state index contributed by atoms with van der Waals surface area (Å²) < 4.78 is 2.03. The first-order valence-corrected chi connectivity index (χ1v) is 15.0. The van der Waals surface area contributed by atoms with Crippen LogP contribution in [0, 0.1) is 0 Å². The number of hydrogen-bond acceptors (Lipinski definition) is 6. The zero-order valence-electron chi connectivity index (χ0n) is 25.6. The minimum absolute atomic E-state index is 0.138. The average Bonchev–Trinajstić information content (AvgIpc) is 3.44. The summed E-state index contributed by atoms with van der Waals surface area (Å²) in [7, 11) is 4.15. The summed E-state index contributed by atoms with van der Waals surface area (Å²) in [4.78, 5) is 29.5. The molecular weight excluding hydrogens is 560 g/mol. The molecule has 9 nitrogen and oxygen atoms in total. The van der Waals surface area contributed by atoms with E-state index < -0.39 is 0 Å². The van der Waals surface area contributed by atoms with Gasteiger partial charge in [-0.3, -0.25) is 4.40 Å². The molecule has 0 saturated heterocycles. The summed E-state index contributed by atoms with van der Waals surface area (Å²) in [6.45, 7) is 2.93. The quantitative estimate of drug-likeness (QED) is 0.155. The fourth-order valence-electron chi connectivity index (χ4n) is 5.21. The Labute approximate surface area is 263 Å². The van der Waals surface area contributed by atoms with Crippen molar-refractivity contribution in [3.63, 3.8) is 0 Å². The number of benzene rings is 3. The highest BCUT2D eigenvalue weighted by molar-refractivity contribution is 5.91. The Morgan fingerprint density at radius 1 is 0.867 bits per heavy atom. The molecule has 0 aliphatic rings. The zero-order valence-corrected chi connectivity index (χ0v) is 25.6. The molecule has 9 heteroatoms. The van der Waals surface area contributed by atoms with E-state index in [4.69, 9.17) is 9.97 Å². The number of nitrogens with one attached hydrogen (secondary N) is 3. The Balaban J connectivity index is 1.28. The molecule has 0 radical (unpaired) electrons. The lowest BCUT2D eigenvalue weighted by Gasteiger charge is -2.15. The highest BCUT2D eigenvalue weighted by atomic mass is 16.2. The number of fused-ring (bicyclic) bond motifs is 1. The smallest absolute Gasteiger partial charge is 0.319 e. The molecule has 6 aromatic rings. The molecule has 3 heterocycles. The SMILES string of the molecule is C[C@H](NC(=O)Nc1cccc(-c2nc3ccccn3c2-c2ccnc(Nc3cccc(CCN(C)C)c3)n2)c1)c1ccccc1. The molecule has 3 N–H and O–H groups in total. The van der Waals surface area contributed by atoms with Crippen LogP contribution in [0.2, 0.25) is 0 Å². The molecule has 0 fully saturated rings. The predicted octanol–water partition coefficient (Wildman–Crippen LogP) is 7.19. The third-order valence-electron chi connectivity index (χ3n) is 7.50. The van der Waals surface area contributed by atoms with E-state index in [0.717, 1.165) is 52.5 Å². The van der Waals surface area contributed by atoms with Gasteiger partial charge in [0.25, 0.3) is 0 Å². The van der Waals surface area contributed by atoms with Gasteiger partial charge in [0, 0.05) is 35.9 Å². The van der Waals surface area contributed by atoms with Gasteiger partial charge in [0.15, 0.2) is 0 Å². The van der Waals surface area contributed by atoms with Crippen LogP contribution in [0.3, 0.4) is 0 Å². The maximum absolute atomic E-state index is 12.9. The van der Waals surface area contributed by atoms with E-state index in [1.54, 1.807) is 6.20 Å². The summed E-state index contributed by atoms with van der Waals surface area (Å²) in [6.07, 6.45) is 4.68. The highest BCUT2D eigenvalue weighted by Crippen LogP contribution is 2.33. The van der Waals surface area contributed by atoms with Crippen LogP contribution in [0.5, 0.6) is 0 Å². The number of pyridine rings is 1.